The van der Waals surface area contributed by atoms with E-state index in [1.165, 1.54) is 0 Å². The Morgan fingerprint density at radius 2 is 2.31 bits per heavy atom. The van der Waals surface area contributed by atoms with Gasteiger partial charge in [0.25, 0.3) is 0 Å². The third-order valence-corrected chi connectivity index (χ3v) is 2.19. The number of aliphatic hydroxyl groups excluding tert-OH is 1. The second-order valence-electron chi connectivity index (χ2n) is 3.19. The lowest BCUT2D eigenvalue weighted by molar-refractivity contribution is 0.289. The van der Waals surface area contributed by atoms with Crippen molar-refractivity contribution in [3.05, 3.63) is 24.3 Å². The Kier molecular flexibility index (Phi) is 5.60. The van der Waals surface area contributed by atoms with Gasteiger partial charge in [0, 0.05) is 24.9 Å². The van der Waals surface area contributed by atoms with Crippen LogP contribution < -0.4 is 15.4 Å². The molecule has 0 saturated heterocycles. The van der Waals surface area contributed by atoms with Gasteiger partial charge in [-0.2, -0.15) is 0 Å². The SMILES string of the molecule is COc1cccc(NC(=S)NCCCO)c1. The Bertz CT molecular complexity index is 345. The summed E-state index contributed by atoms with van der Waals surface area (Å²) in [5, 5.41) is 15.2. The van der Waals surface area contributed by atoms with Crippen molar-refractivity contribution in [2.75, 3.05) is 25.6 Å². The van der Waals surface area contributed by atoms with Crippen LogP contribution in [0.15, 0.2) is 24.3 Å². The summed E-state index contributed by atoms with van der Waals surface area (Å²) in [6.07, 6.45) is 0.680. The minimum absolute atomic E-state index is 0.161. The van der Waals surface area contributed by atoms with E-state index in [0.717, 1.165) is 11.4 Å². The number of hydrogen-bond acceptors (Lipinski definition) is 3. The minimum atomic E-state index is 0.161. The van der Waals surface area contributed by atoms with Crippen molar-refractivity contribution in [2.45, 2.75) is 6.42 Å². The van der Waals surface area contributed by atoms with E-state index in [4.69, 9.17) is 22.1 Å². The standard InChI is InChI=1S/C11H16N2O2S/c1-15-10-5-2-4-9(8-10)13-11(16)12-6-3-7-14/h2,4-5,8,14H,3,6-7H2,1H3,(H2,12,13,16). The fourth-order valence-electron chi connectivity index (χ4n) is 1.16. The number of aliphatic hydroxyl groups is 1. The van der Waals surface area contributed by atoms with Crippen LogP contribution in [0.2, 0.25) is 0 Å². The van der Waals surface area contributed by atoms with Crippen LogP contribution in [0.25, 0.3) is 0 Å². The molecule has 5 heteroatoms. The normalized spacial score (nSPS) is 9.62. The predicted octanol–water partition coefficient (Wildman–Crippen LogP) is 1.36. The summed E-state index contributed by atoms with van der Waals surface area (Å²) >= 11 is 5.08. The van der Waals surface area contributed by atoms with E-state index in [1.807, 2.05) is 24.3 Å². The van der Waals surface area contributed by atoms with Crippen molar-refractivity contribution < 1.29 is 9.84 Å². The van der Waals surface area contributed by atoms with Gasteiger partial charge in [0.15, 0.2) is 5.11 Å². The molecule has 0 aliphatic heterocycles. The molecule has 0 unspecified atom stereocenters. The average molecular weight is 240 g/mol. The maximum absolute atomic E-state index is 8.62. The molecule has 0 aromatic heterocycles. The molecule has 0 fully saturated rings. The molecule has 16 heavy (non-hydrogen) atoms. The topological polar surface area (TPSA) is 53.5 Å². The summed E-state index contributed by atoms with van der Waals surface area (Å²) in [7, 11) is 1.62. The van der Waals surface area contributed by atoms with Crippen molar-refractivity contribution in [3.8, 4) is 5.75 Å². The van der Waals surface area contributed by atoms with Gasteiger partial charge in [0.2, 0.25) is 0 Å². The molecule has 4 nitrogen and oxygen atoms in total. The van der Waals surface area contributed by atoms with Crippen molar-refractivity contribution in [1.82, 2.24) is 5.32 Å². The summed E-state index contributed by atoms with van der Waals surface area (Å²) in [5.41, 5.74) is 0.876. The number of rotatable bonds is 5. The average Bonchev–Trinajstić information content (AvgIpc) is 2.29. The first kappa shape index (κ1) is 12.7. The molecule has 0 saturated carbocycles. The quantitative estimate of drug-likeness (QED) is 0.536. The lowest BCUT2D eigenvalue weighted by Gasteiger charge is -2.10. The van der Waals surface area contributed by atoms with E-state index < -0.39 is 0 Å². The van der Waals surface area contributed by atoms with E-state index in [-0.39, 0.29) is 6.61 Å². The summed E-state index contributed by atoms with van der Waals surface area (Å²) < 4.78 is 5.10. The van der Waals surface area contributed by atoms with Crippen LogP contribution in [0.5, 0.6) is 5.75 Å². The lowest BCUT2D eigenvalue weighted by atomic mass is 10.3. The molecule has 1 rings (SSSR count). The largest absolute Gasteiger partial charge is 0.497 e. The second kappa shape index (κ2) is 7.03. The van der Waals surface area contributed by atoms with Crippen molar-refractivity contribution >= 4 is 23.0 Å². The van der Waals surface area contributed by atoms with Crippen LogP contribution in [-0.4, -0.2) is 30.5 Å². The highest BCUT2D eigenvalue weighted by molar-refractivity contribution is 7.80. The highest BCUT2D eigenvalue weighted by Crippen LogP contribution is 2.16. The molecule has 0 heterocycles. The summed E-state index contributed by atoms with van der Waals surface area (Å²) in [6, 6.07) is 7.52. The van der Waals surface area contributed by atoms with Gasteiger partial charge < -0.3 is 20.5 Å². The van der Waals surface area contributed by atoms with Gasteiger partial charge in [0.05, 0.1) is 7.11 Å². The van der Waals surface area contributed by atoms with Gasteiger partial charge in [-0.05, 0) is 30.8 Å². The number of methoxy groups -OCH3 is 1. The fraction of sp³-hybridized carbons (Fsp3) is 0.364. The summed E-state index contributed by atoms with van der Waals surface area (Å²) in [4.78, 5) is 0. The molecular formula is C11H16N2O2S. The van der Waals surface area contributed by atoms with Crippen LogP contribution in [0, 0.1) is 0 Å². The smallest absolute Gasteiger partial charge is 0.170 e. The molecular weight excluding hydrogens is 224 g/mol. The Morgan fingerprint density at radius 1 is 1.50 bits per heavy atom. The third-order valence-electron chi connectivity index (χ3n) is 1.95. The zero-order valence-corrected chi connectivity index (χ0v) is 10.0. The molecule has 3 N–H and O–H groups in total. The monoisotopic (exact) mass is 240 g/mol. The molecule has 0 spiro atoms. The summed E-state index contributed by atoms with van der Waals surface area (Å²) in [6.45, 7) is 0.821. The molecule has 0 aliphatic carbocycles. The van der Waals surface area contributed by atoms with E-state index in [2.05, 4.69) is 10.6 Å². The molecule has 1 aromatic carbocycles. The zero-order chi connectivity index (χ0) is 11.8. The van der Waals surface area contributed by atoms with Gasteiger partial charge in [-0.15, -0.1) is 0 Å². The van der Waals surface area contributed by atoms with Gasteiger partial charge in [0.1, 0.15) is 5.75 Å². The van der Waals surface area contributed by atoms with Crippen LogP contribution in [-0.2, 0) is 0 Å². The molecule has 0 bridgehead atoms. The molecule has 88 valence electrons. The summed E-state index contributed by atoms with van der Waals surface area (Å²) in [5.74, 6) is 0.781. The molecule has 1 aromatic rings. The molecule has 0 atom stereocenters. The Morgan fingerprint density at radius 3 is 3.00 bits per heavy atom. The lowest BCUT2D eigenvalue weighted by Crippen LogP contribution is -2.29. The molecule has 0 aliphatic rings. The van der Waals surface area contributed by atoms with E-state index in [9.17, 15) is 0 Å². The number of anilines is 1. The van der Waals surface area contributed by atoms with E-state index in [0.29, 0.717) is 18.1 Å². The Hall–Kier alpha value is -1.33. The Labute approximate surface area is 101 Å². The van der Waals surface area contributed by atoms with Gasteiger partial charge >= 0.3 is 0 Å². The minimum Gasteiger partial charge on any atom is -0.497 e. The van der Waals surface area contributed by atoms with Gasteiger partial charge in [-0.25, -0.2) is 0 Å². The van der Waals surface area contributed by atoms with Gasteiger partial charge in [-0.3, -0.25) is 0 Å². The second-order valence-corrected chi connectivity index (χ2v) is 3.60. The van der Waals surface area contributed by atoms with Crippen molar-refractivity contribution in [3.63, 3.8) is 0 Å². The van der Waals surface area contributed by atoms with Crippen molar-refractivity contribution in [1.29, 1.82) is 0 Å². The van der Waals surface area contributed by atoms with Crippen LogP contribution in [0.4, 0.5) is 5.69 Å². The predicted molar refractivity (Wildman–Crippen MR) is 68.9 cm³/mol. The number of ether oxygens (including phenoxy) is 1. The van der Waals surface area contributed by atoms with E-state index >= 15 is 0 Å². The van der Waals surface area contributed by atoms with E-state index in [1.54, 1.807) is 7.11 Å². The first-order valence-corrected chi connectivity index (χ1v) is 5.47. The maximum atomic E-state index is 8.62. The fourth-order valence-corrected chi connectivity index (χ4v) is 1.38. The van der Waals surface area contributed by atoms with Crippen molar-refractivity contribution in [2.24, 2.45) is 0 Å². The van der Waals surface area contributed by atoms with Gasteiger partial charge in [-0.1, -0.05) is 6.07 Å². The maximum Gasteiger partial charge on any atom is 0.170 e. The first-order valence-electron chi connectivity index (χ1n) is 5.06. The highest BCUT2D eigenvalue weighted by atomic mass is 32.1. The van der Waals surface area contributed by atoms with Crippen LogP contribution >= 0.6 is 12.2 Å². The number of nitrogens with one attached hydrogen (secondary N) is 2. The highest BCUT2D eigenvalue weighted by Gasteiger charge is 1.98. The first-order chi connectivity index (χ1) is 7.76. The number of benzene rings is 1. The number of thiocarbonyl (C=S) groups is 1. The van der Waals surface area contributed by atoms with Crippen LogP contribution in [0.3, 0.4) is 0 Å². The zero-order valence-electron chi connectivity index (χ0n) is 9.19. The van der Waals surface area contributed by atoms with Crippen LogP contribution in [0.1, 0.15) is 6.42 Å². The molecule has 0 radical (unpaired) electrons. The molecule has 0 amide bonds. The third kappa shape index (κ3) is 4.46. The Balaban J connectivity index is 2.43. The number of hydrogen-bond donors (Lipinski definition) is 3.